The monoisotopic (exact) mass is 257 g/mol. The van der Waals surface area contributed by atoms with E-state index in [2.05, 4.69) is 19.1 Å². The summed E-state index contributed by atoms with van der Waals surface area (Å²) in [6.07, 6.45) is 0.923. The van der Waals surface area contributed by atoms with E-state index in [4.69, 9.17) is 4.98 Å². The zero-order chi connectivity index (χ0) is 13.4. The van der Waals surface area contributed by atoms with E-state index in [1.54, 1.807) is 0 Å². The molecule has 2 N–H and O–H groups in total. The molecule has 1 aliphatic carbocycles. The van der Waals surface area contributed by atoms with Gasteiger partial charge in [0.1, 0.15) is 0 Å². The second-order valence-electron chi connectivity index (χ2n) is 5.51. The normalized spacial score (nSPS) is 26.4. The maximum absolute atomic E-state index is 9.46. The summed E-state index contributed by atoms with van der Waals surface area (Å²) < 4.78 is 0. The van der Waals surface area contributed by atoms with Gasteiger partial charge in [-0.2, -0.15) is 0 Å². The molecule has 1 aliphatic rings. The minimum Gasteiger partial charge on any atom is -0.396 e. The number of aliphatic hydroxyl groups excluding tert-OH is 2. The molecule has 19 heavy (non-hydrogen) atoms. The van der Waals surface area contributed by atoms with Crippen LogP contribution in [0.15, 0.2) is 30.3 Å². The van der Waals surface area contributed by atoms with Crippen LogP contribution >= 0.6 is 0 Å². The van der Waals surface area contributed by atoms with Crippen LogP contribution in [0, 0.1) is 18.8 Å². The largest absolute Gasteiger partial charge is 0.396 e. The van der Waals surface area contributed by atoms with Crippen molar-refractivity contribution in [1.29, 1.82) is 0 Å². The van der Waals surface area contributed by atoms with E-state index in [0.29, 0.717) is 0 Å². The number of hydrogen-bond donors (Lipinski definition) is 2. The molecule has 3 atom stereocenters. The number of pyridine rings is 1. The molecule has 0 bridgehead atoms. The fraction of sp³-hybridized carbons (Fsp3) is 0.438. The summed E-state index contributed by atoms with van der Waals surface area (Å²) in [5.74, 6) is 0.659. The third-order valence-corrected chi connectivity index (χ3v) is 4.45. The number of aromatic nitrogens is 1. The minimum absolute atomic E-state index is 0.128. The Balaban J connectivity index is 1.98. The van der Waals surface area contributed by atoms with Gasteiger partial charge in [0.2, 0.25) is 0 Å². The molecule has 100 valence electrons. The van der Waals surface area contributed by atoms with Gasteiger partial charge in [0.05, 0.1) is 5.52 Å². The molecule has 0 radical (unpaired) electrons. The quantitative estimate of drug-likeness (QED) is 0.886. The molecule has 1 saturated carbocycles. The van der Waals surface area contributed by atoms with Gasteiger partial charge in [0.25, 0.3) is 0 Å². The van der Waals surface area contributed by atoms with Crippen molar-refractivity contribution in [1.82, 2.24) is 4.98 Å². The summed E-state index contributed by atoms with van der Waals surface area (Å²) in [6, 6.07) is 10.3. The Morgan fingerprint density at radius 1 is 1.21 bits per heavy atom. The first kappa shape index (κ1) is 12.6. The highest BCUT2D eigenvalue weighted by Gasteiger charge is 2.41. The van der Waals surface area contributed by atoms with Crippen LogP contribution in [-0.2, 0) is 0 Å². The Bertz CT molecular complexity index is 596. The number of benzene rings is 1. The lowest BCUT2D eigenvalue weighted by Gasteiger charge is -2.42. The topological polar surface area (TPSA) is 53.4 Å². The second-order valence-corrected chi connectivity index (χ2v) is 5.51. The number of rotatable bonds is 3. The van der Waals surface area contributed by atoms with Gasteiger partial charge in [-0.25, -0.2) is 0 Å². The molecule has 1 fully saturated rings. The molecule has 3 nitrogen and oxygen atoms in total. The lowest BCUT2D eigenvalue weighted by atomic mass is 9.64. The number of fused-ring (bicyclic) bond motifs is 1. The van der Waals surface area contributed by atoms with Gasteiger partial charge in [-0.05, 0) is 42.9 Å². The molecule has 0 saturated heterocycles. The maximum Gasteiger partial charge on any atom is 0.0708 e. The number of hydrogen-bond acceptors (Lipinski definition) is 3. The van der Waals surface area contributed by atoms with Gasteiger partial charge in [0.15, 0.2) is 0 Å². The molecule has 1 unspecified atom stereocenters. The zero-order valence-corrected chi connectivity index (χ0v) is 11.1. The summed E-state index contributed by atoms with van der Waals surface area (Å²) in [5, 5.41) is 19.9. The third-order valence-electron chi connectivity index (χ3n) is 4.45. The highest BCUT2D eigenvalue weighted by molar-refractivity contribution is 5.82. The Morgan fingerprint density at radius 2 is 2.00 bits per heavy atom. The second kappa shape index (κ2) is 4.91. The fourth-order valence-corrected chi connectivity index (χ4v) is 3.20. The van der Waals surface area contributed by atoms with E-state index in [-0.39, 0.29) is 31.0 Å². The number of aliphatic hydroxyl groups is 2. The van der Waals surface area contributed by atoms with Crippen LogP contribution in [0.5, 0.6) is 0 Å². The van der Waals surface area contributed by atoms with Crippen LogP contribution in [0.4, 0.5) is 0 Å². The van der Waals surface area contributed by atoms with Crippen LogP contribution in [0.3, 0.4) is 0 Å². The molecule has 3 heteroatoms. The third kappa shape index (κ3) is 2.03. The van der Waals surface area contributed by atoms with Gasteiger partial charge in [0, 0.05) is 30.2 Å². The van der Waals surface area contributed by atoms with Gasteiger partial charge in [-0.15, -0.1) is 0 Å². The highest BCUT2D eigenvalue weighted by atomic mass is 16.3. The van der Waals surface area contributed by atoms with Gasteiger partial charge in [-0.3, -0.25) is 4.98 Å². The van der Waals surface area contributed by atoms with Crippen molar-refractivity contribution in [2.75, 3.05) is 13.2 Å². The van der Waals surface area contributed by atoms with E-state index in [0.717, 1.165) is 17.6 Å². The SMILES string of the molecule is Cc1cc(C2C[C@H](CO)[C@H]2CO)nc2ccccc12. The minimum atomic E-state index is 0.128. The molecule has 0 amide bonds. The average Bonchev–Trinajstić information content (AvgIpc) is 2.39. The molecule has 3 rings (SSSR count). The first-order valence-electron chi connectivity index (χ1n) is 6.82. The Labute approximate surface area is 112 Å². The van der Waals surface area contributed by atoms with Crippen molar-refractivity contribution < 1.29 is 10.2 Å². The molecule has 1 aromatic carbocycles. The maximum atomic E-state index is 9.46. The lowest BCUT2D eigenvalue weighted by Crippen LogP contribution is -2.40. The van der Waals surface area contributed by atoms with Gasteiger partial charge >= 0.3 is 0 Å². The molecular weight excluding hydrogens is 238 g/mol. The van der Waals surface area contributed by atoms with Crippen LogP contribution < -0.4 is 0 Å². The number of nitrogens with zero attached hydrogens (tertiary/aromatic N) is 1. The van der Waals surface area contributed by atoms with E-state index in [1.165, 1.54) is 10.9 Å². The fourth-order valence-electron chi connectivity index (χ4n) is 3.20. The van der Waals surface area contributed by atoms with E-state index < -0.39 is 0 Å². The van der Waals surface area contributed by atoms with Crippen molar-refractivity contribution in [2.24, 2.45) is 11.8 Å². The molecule has 1 heterocycles. The smallest absolute Gasteiger partial charge is 0.0708 e. The van der Waals surface area contributed by atoms with Crippen molar-refractivity contribution in [3.63, 3.8) is 0 Å². The van der Waals surface area contributed by atoms with E-state index in [9.17, 15) is 10.2 Å². The lowest BCUT2D eigenvalue weighted by molar-refractivity contribution is 0.0207. The molecule has 1 aromatic heterocycles. The summed E-state index contributed by atoms with van der Waals surface area (Å²) in [4.78, 5) is 4.73. The van der Waals surface area contributed by atoms with E-state index >= 15 is 0 Å². The van der Waals surface area contributed by atoms with Gasteiger partial charge in [-0.1, -0.05) is 18.2 Å². The summed E-state index contributed by atoms with van der Waals surface area (Å²) in [6.45, 7) is 2.39. The standard InChI is InChI=1S/C16H19NO2/c1-10-6-16(13-7-11(8-18)14(13)9-19)17-15-5-3-2-4-12(10)15/h2-6,11,13-14,18-19H,7-9H2,1H3/t11-,13?,14-/m1/s1. The first-order valence-corrected chi connectivity index (χ1v) is 6.82. The predicted molar refractivity (Wildman–Crippen MR) is 75.0 cm³/mol. The predicted octanol–water partition coefficient (Wildman–Crippen LogP) is 2.25. The molecule has 0 aliphatic heterocycles. The Hall–Kier alpha value is -1.45. The first-order chi connectivity index (χ1) is 9.24. The van der Waals surface area contributed by atoms with E-state index in [1.807, 2.05) is 18.2 Å². The van der Waals surface area contributed by atoms with Gasteiger partial charge < -0.3 is 10.2 Å². The number of para-hydroxylation sites is 1. The van der Waals surface area contributed by atoms with Crippen LogP contribution in [-0.4, -0.2) is 28.4 Å². The van der Waals surface area contributed by atoms with Crippen LogP contribution in [0.1, 0.15) is 23.6 Å². The molecule has 2 aromatic rings. The Morgan fingerprint density at radius 3 is 2.74 bits per heavy atom. The average molecular weight is 257 g/mol. The van der Waals surface area contributed by atoms with Crippen LogP contribution in [0.2, 0.25) is 0 Å². The molecule has 0 spiro atoms. The molecular formula is C16H19NO2. The van der Waals surface area contributed by atoms with Crippen LogP contribution in [0.25, 0.3) is 10.9 Å². The number of aryl methyl sites for hydroxylation is 1. The van der Waals surface area contributed by atoms with Crippen molar-refractivity contribution >= 4 is 10.9 Å². The zero-order valence-electron chi connectivity index (χ0n) is 11.1. The van der Waals surface area contributed by atoms with Crippen molar-refractivity contribution in [2.45, 2.75) is 19.3 Å². The summed E-state index contributed by atoms with van der Waals surface area (Å²) in [7, 11) is 0. The highest BCUT2D eigenvalue weighted by Crippen LogP contribution is 2.46. The summed E-state index contributed by atoms with van der Waals surface area (Å²) in [5.41, 5.74) is 3.30. The summed E-state index contributed by atoms with van der Waals surface area (Å²) >= 11 is 0. The van der Waals surface area contributed by atoms with Crippen molar-refractivity contribution in [3.05, 3.63) is 41.6 Å². The Kier molecular flexibility index (Phi) is 3.25. The van der Waals surface area contributed by atoms with Crippen molar-refractivity contribution in [3.8, 4) is 0 Å².